The van der Waals surface area contributed by atoms with Gasteiger partial charge in [0.25, 0.3) is 11.8 Å². The molecular formula is C49H48N2O4. The van der Waals surface area contributed by atoms with Crippen molar-refractivity contribution in [2.45, 2.75) is 57.8 Å². The van der Waals surface area contributed by atoms with Crippen LogP contribution in [0.1, 0.15) is 74.9 Å². The van der Waals surface area contributed by atoms with Gasteiger partial charge in [-0.15, -0.1) is 0 Å². The molecule has 278 valence electrons. The van der Waals surface area contributed by atoms with Crippen molar-refractivity contribution in [3.05, 3.63) is 179 Å². The van der Waals surface area contributed by atoms with E-state index in [2.05, 4.69) is 125 Å². The lowest BCUT2D eigenvalue weighted by molar-refractivity contribution is -0.118. The Labute approximate surface area is 324 Å². The number of ether oxygens (including phenoxy) is 2. The summed E-state index contributed by atoms with van der Waals surface area (Å²) in [5.74, 6) is 0.956. The first-order valence-corrected chi connectivity index (χ1v) is 18.8. The maximum atomic E-state index is 13.1. The highest BCUT2D eigenvalue weighted by Crippen LogP contribution is 2.56. The highest BCUT2D eigenvalue weighted by atomic mass is 16.5. The average Bonchev–Trinajstić information content (AvgIpc) is 3.47. The number of hydrogen-bond donors (Lipinski definition) is 2. The molecule has 6 nitrogen and oxygen atoms in total. The van der Waals surface area contributed by atoms with Crippen LogP contribution < -0.4 is 20.1 Å². The maximum absolute atomic E-state index is 13.1. The third kappa shape index (κ3) is 7.50. The first-order chi connectivity index (χ1) is 26.4. The molecule has 6 heteroatoms. The summed E-state index contributed by atoms with van der Waals surface area (Å²) < 4.78 is 12.0. The summed E-state index contributed by atoms with van der Waals surface area (Å²) in [6.45, 7) is 12.6. The molecular weight excluding hydrogens is 681 g/mol. The number of rotatable bonds is 10. The van der Waals surface area contributed by atoms with Gasteiger partial charge in [0.1, 0.15) is 11.5 Å². The molecule has 6 aromatic carbocycles. The molecule has 0 unspecified atom stereocenters. The second-order valence-electron chi connectivity index (χ2n) is 16.2. The fraction of sp³-hybridized carbons (Fsp3) is 0.224. The van der Waals surface area contributed by atoms with Crippen LogP contribution in [0.15, 0.2) is 146 Å². The number of benzene rings is 6. The van der Waals surface area contributed by atoms with Crippen LogP contribution in [0.25, 0.3) is 11.1 Å². The van der Waals surface area contributed by atoms with Gasteiger partial charge in [0.2, 0.25) is 0 Å². The van der Waals surface area contributed by atoms with E-state index in [0.29, 0.717) is 22.9 Å². The molecule has 0 saturated carbocycles. The van der Waals surface area contributed by atoms with Crippen molar-refractivity contribution in [2.75, 3.05) is 23.8 Å². The van der Waals surface area contributed by atoms with E-state index in [1.54, 1.807) is 0 Å². The Morgan fingerprint density at radius 3 is 1.20 bits per heavy atom. The van der Waals surface area contributed by atoms with Crippen LogP contribution in [-0.4, -0.2) is 25.0 Å². The first-order valence-electron chi connectivity index (χ1n) is 18.8. The fourth-order valence-electron chi connectivity index (χ4n) is 7.74. The Bertz CT molecular complexity index is 2160. The van der Waals surface area contributed by atoms with E-state index in [-0.39, 0.29) is 35.9 Å². The Morgan fingerprint density at radius 2 is 0.818 bits per heavy atom. The van der Waals surface area contributed by atoms with Gasteiger partial charge in [0, 0.05) is 11.4 Å². The molecule has 0 atom stereocenters. The van der Waals surface area contributed by atoms with Crippen molar-refractivity contribution in [2.24, 2.45) is 0 Å². The molecule has 0 saturated heterocycles. The number of anilines is 2. The van der Waals surface area contributed by atoms with E-state index < -0.39 is 5.41 Å². The second-order valence-corrected chi connectivity index (χ2v) is 16.2. The van der Waals surface area contributed by atoms with Gasteiger partial charge < -0.3 is 20.1 Å². The lowest BCUT2D eigenvalue weighted by Gasteiger charge is -2.34. The SMILES string of the molecule is CC(C)(C)c1ccccc1OCC(=O)Nc1ccc(C2(c3ccc(NC(=O)COc4ccccc4C(C)(C)C)cc3)c3ccccc3-c3ccccc32)cc1. The molecule has 55 heavy (non-hydrogen) atoms. The molecule has 0 radical (unpaired) electrons. The zero-order valence-corrected chi connectivity index (χ0v) is 32.4. The number of nitrogens with one attached hydrogen (secondary N) is 2. The van der Waals surface area contributed by atoms with Gasteiger partial charge in [0.15, 0.2) is 13.2 Å². The fourth-order valence-corrected chi connectivity index (χ4v) is 7.74. The highest BCUT2D eigenvalue weighted by molar-refractivity contribution is 5.93. The van der Waals surface area contributed by atoms with Crippen LogP contribution in [-0.2, 0) is 25.8 Å². The second kappa shape index (κ2) is 14.9. The number of para-hydroxylation sites is 2. The molecule has 0 aliphatic heterocycles. The molecule has 0 heterocycles. The molecule has 6 aromatic rings. The average molecular weight is 729 g/mol. The van der Waals surface area contributed by atoms with E-state index >= 15 is 0 Å². The van der Waals surface area contributed by atoms with Gasteiger partial charge in [-0.1, -0.05) is 151 Å². The third-order valence-electron chi connectivity index (χ3n) is 10.3. The molecule has 2 amide bonds. The van der Waals surface area contributed by atoms with Crippen LogP contribution in [0.2, 0.25) is 0 Å². The minimum Gasteiger partial charge on any atom is -0.483 e. The van der Waals surface area contributed by atoms with E-state index in [9.17, 15) is 9.59 Å². The summed E-state index contributed by atoms with van der Waals surface area (Å²) in [7, 11) is 0. The number of carbonyl (C=O) groups excluding carboxylic acids is 2. The summed E-state index contributed by atoms with van der Waals surface area (Å²) in [4.78, 5) is 26.2. The third-order valence-corrected chi connectivity index (χ3v) is 10.3. The van der Waals surface area contributed by atoms with Gasteiger partial charge in [0.05, 0.1) is 5.41 Å². The summed E-state index contributed by atoms with van der Waals surface area (Å²) >= 11 is 0. The molecule has 0 fully saturated rings. The maximum Gasteiger partial charge on any atom is 0.262 e. The number of amides is 2. The summed E-state index contributed by atoms with van der Waals surface area (Å²) in [5.41, 5.74) is 9.40. The largest absolute Gasteiger partial charge is 0.483 e. The van der Waals surface area contributed by atoms with Gasteiger partial charge in [-0.2, -0.15) is 0 Å². The highest BCUT2D eigenvalue weighted by Gasteiger charge is 2.45. The molecule has 2 N–H and O–H groups in total. The zero-order valence-electron chi connectivity index (χ0n) is 32.4. The Morgan fingerprint density at radius 1 is 0.473 bits per heavy atom. The summed E-state index contributed by atoms with van der Waals surface area (Å²) in [5, 5.41) is 6.04. The first kappa shape index (κ1) is 37.2. The van der Waals surface area contributed by atoms with Crippen molar-refractivity contribution in [1.82, 2.24) is 0 Å². The molecule has 0 bridgehead atoms. The summed E-state index contributed by atoms with van der Waals surface area (Å²) in [6.07, 6.45) is 0. The number of carbonyl (C=O) groups is 2. The smallest absolute Gasteiger partial charge is 0.262 e. The number of fused-ring (bicyclic) bond motifs is 3. The van der Waals surface area contributed by atoms with Gasteiger partial charge in [-0.25, -0.2) is 0 Å². The van der Waals surface area contributed by atoms with Gasteiger partial charge in [-0.3, -0.25) is 9.59 Å². The predicted molar refractivity (Wildman–Crippen MR) is 222 cm³/mol. The molecule has 0 spiro atoms. The Kier molecular flexibility index (Phi) is 10.1. The standard InChI is InChI=1S/C49H48N2O4/c1-47(2,3)41-19-11-13-21-43(41)54-31-45(52)50-35-27-23-33(24-28-35)49(39-17-9-7-15-37(39)38-16-8-10-18-40(38)49)34-25-29-36(30-26-34)51-46(53)32-55-44-22-14-12-20-42(44)48(4,5)6/h7-30H,31-32H2,1-6H3,(H,50,52)(H,51,53). The molecule has 1 aliphatic rings. The minimum atomic E-state index is -0.641. The summed E-state index contributed by atoms with van der Waals surface area (Å²) in [6, 6.07) is 48.9. The van der Waals surface area contributed by atoms with Crippen molar-refractivity contribution >= 4 is 23.2 Å². The van der Waals surface area contributed by atoms with E-state index in [0.717, 1.165) is 22.3 Å². The Balaban J connectivity index is 1.14. The number of hydrogen-bond acceptors (Lipinski definition) is 4. The Hall–Kier alpha value is -6.14. The lowest BCUT2D eigenvalue weighted by Crippen LogP contribution is -2.29. The topological polar surface area (TPSA) is 76.7 Å². The van der Waals surface area contributed by atoms with Crippen molar-refractivity contribution in [3.8, 4) is 22.6 Å². The normalized spacial score (nSPS) is 13.0. The lowest BCUT2D eigenvalue weighted by atomic mass is 9.67. The molecule has 0 aromatic heterocycles. The monoisotopic (exact) mass is 728 g/mol. The van der Waals surface area contributed by atoms with Crippen LogP contribution in [0.5, 0.6) is 11.5 Å². The van der Waals surface area contributed by atoms with Gasteiger partial charge >= 0.3 is 0 Å². The van der Waals surface area contributed by atoms with Crippen molar-refractivity contribution in [1.29, 1.82) is 0 Å². The van der Waals surface area contributed by atoms with Crippen LogP contribution in [0.4, 0.5) is 11.4 Å². The van der Waals surface area contributed by atoms with Crippen LogP contribution in [0.3, 0.4) is 0 Å². The predicted octanol–water partition coefficient (Wildman–Crippen LogP) is 10.7. The van der Waals surface area contributed by atoms with Crippen molar-refractivity contribution in [3.63, 3.8) is 0 Å². The quantitative estimate of drug-likeness (QED) is 0.147. The van der Waals surface area contributed by atoms with E-state index in [4.69, 9.17) is 9.47 Å². The van der Waals surface area contributed by atoms with Crippen LogP contribution in [0, 0.1) is 0 Å². The van der Waals surface area contributed by atoms with Crippen molar-refractivity contribution < 1.29 is 19.1 Å². The van der Waals surface area contributed by atoms with Gasteiger partial charge in [-0.05, 0) is 91.7 Å². The van der Waals surface area contributed by atoms with E-state index in [1.165, 1.54) is 22.3 Å². The minimum absolute atomic E-state index is 0.0985. The molecule has 1 aliphatic carbocycles. The zero-order chi connectivity index (χ0) is 38.8. The van der Waals surface area contributed by atoms with E-state index in [1.807, 2.05) is 72.8 Å². The molecule has 7 rings (SSSR count). The van der Waals surface area contributed by atoms with Crippen LogP contribution >= 0.6 is 0 Å².